The van der Waals surface area contributed by atoms with Crippen molar-refractivity contribution in [1.82, 2.24) is 0 Å². The fourth-order valence-electron chi connectivity index (χ4n) is 6.28. The first-order valence-electron chi connectivity index (χ1n) is 10.2. The molecule has 0 spiro atoms. The predicted molar refractivity (Wildman–Crippen MR) is 106 cm³/mol. The Balaban J connectivity index is 1.27. The molecule has 0 unspecified atom stereocenters. The number of carbonyl (C=O) groups is 2. The molecule has 4 heteroatoms. The quantitative estimate of drug-likeness (QED) is 0.706. The Hall–Kier alpha value is -1.29. The van der Waals surface area contributed by atoms with Crippen LogP contribution in [-0.2, 0) is 4.79 Å². The van der Waals surface area contributed by atoms with E-state index < -0.39 is 0 Å². The third kappa shape index (κ3) is 3.00. The summed E-state index contributed by atoms with van der Waals surface area (Å²) in [4.78, 5) is 26.7. The van der Waals surface area contributed by atoms with E-state index in [0.717, 1.165) is 42.0 Å². The highest BCUT2D eigenvalue weighted by Gasteiger charge is 2.51. The van der Waals surface area contributed by atoms with Crippen molar-refractivity contribution in [2.24, 2.45) is 17.8 Å². The van der Waals surface area contributed by atoms with Gasteiger partial charge in [-0.1, -0.05) is 12.1 Å². The molecule has 5 fully saturated rings. The van der Waals surface area contributed by atoms with Crippen LogP contribution in [0.2, 0.25) is 0 Å². The Morgan fingerprint density at radius 1 is 1.12 bits per heavy atom. The lowest BCUT2D eigenvalue weighted by atomic mass is 9.56. The van der Waals surface area contributed by atoms with Crippen molar-refractivity contribution in [2.45, 2.75) is 56.1 Å². The number of amides is 1. The van der Waals surface area contributed by atoms with Crippen molar-refractivity contribution >= 4 is 29.1 Å². The molecule has 0 aromatic heterocycles. The second kappa shape index (κ2) is 6.40. The second-order valence-corrected chi connectivity index (χ2v) is 10.5. The minimum Gasteiger partial charge on any atom is -0.312 e. The average Bonchev–Trinajstić information content (AvgIpc) is 3.05. The van der Waals surface area contributed by atoms with Crippen LogP contribution in [0.4, 0.5) is 5.69 Å². The molecule has 3 nitrogen and oxygen atoms in total. The first-order chi connectivity index (χ1) is 12.6. The van der Waals surface area contributed by atoms with Gasteiger partial charge in [0.15, 0.2) is 5.78 Å². The Bertz CT molecular complexity index is 708. The summed E-state index contributed by atoms with van der Waals surface area (Å²) in [5.74, 6) is 3.76. The highest BCUT2D eigenvalue weighted by molar-refractivity contribution is 8.01. The normalized spacial score (nSPS) is 35.3. The van der Waals surface area contributed by atoms with Crippen molar-refractivity contribution in [2.75, 3.05) is 17.2 Å². The average molecular weight is 370 g/mol. The summed E-state index contributed by atoms with van der Waals surface area (Å²) in [5, 5.41) is 0. The van der Waals surface area contributed by atoms with Crippen LogP contribution in [0.3, 0.4) is 0 Å². The SMILES string of the molecule is O=C(CSC12CC3CC(CC(C3)C1)C2)c1cccc(N2CCCC2=O)c1. The van der Waals surface area contributed by atoms with Gasteiger partial charge < -0.3 is 4.90 Å². The molecule has 0 N–H and O–H groups in total. The van der Waals surface area contributed by atoms with Crippen molar-refractivity contribution in [3.05, 3.63) is 29.8 Å². The van der Waals surface area contributed by atoms with Crippen molar-refractivity contribution in [1.29, 1.82) is 0 Å². The van der Waals surface area contributed by atoms with Crippen molar-refractivity contribution in [3.63, 3.8) is 0 Å². The zero-order valence-electron chi connectivity index (χ0n) is 15.3. The molecular weight excluding hydrogens is 342 g/mol. The van der Waals surface area contributed by atoms with Gasteiger partial charge in [0, 0.05) is 29.0 Å². The lowest BCUT2D eigenvalue weighted by Crippen LogP contribution is -2.48. The summed E-state index contributed by atoms with van der Waals surface area (Å²) in [5.41, 5.74) is 1.65. The first kappa shape index (κ1) is 16.9. The number of nitrogens with zero attached hydrogens (tertiary/aromatic N) is 1. The van der Waals surface area contributed by atoms with Gasteiger partial charge in [-0.15, -0.1) is 11.8 Å². The van der Waals surface area contributed by atoms with Gasteiger partial charge in [0.25, 0.3) is 0 Å². The molecule has 138 valence electrons. The number of carbonyl (C=O) groups excluding carboxylic acids is 2. The largest absolute Gasteiger partial charge is 0.312 e. The fraction of sp³-hybridized carbons (Fsp3) is 0.636. The van der Waals surface area contributed by atoms with Crippen molar-refractivity contribution < 1.29 is 9.59 Å². The van der Waals surface area contributed by atoms with Gasteiger partial charge in [-0.05, 0) is 74.8 Å². The number of hydrogen-bond acceptors (Lipinski definition) is 3. The molecule has 26 heavy (non-hydrogen) atoms. The summed E-state index contributed by atoms with van der Waals surface area (Å²) in [6.07, 6.45) is 9.87. The number of rotatable bonds is 5. The molecule has 1 saturated heterocycles. The van der Waals surface area contributed by atoms with Crippen molar-refractivity contribution in [3.8, 4) is 0 Å². The summed E-state index contributed by atoms with van der Waals surface area (Å²) < 4.78 is 0.382. The lowest BCUT2D eigenvalue weighted by molar-refractivity contribution is -0.117. The number of thioether (sulfide) groups is 1. The highest BCUT2D eigenvalue weighted by atomic mass is 32.2. The minimum atomic E-state index is 0.178. The number of anilines is 1. The van der Waals surface area contributed by atoms with E-state index in [4.69, 9.17) is 0 Å². The minimum absolute atomic E-state index is 0.178. The van der Waals surface area contributed by atoms with Gasteiger partial charge in [-0.25, -0.2) is 0 Å². The van der Waals surface area contributed by atoms with E-state index >= 15 is 0 Å². The molecule has 1 aromatic rings. The fourth-order valence-corrected chi connectivity index (χ4v) is 7.94. The summed E-state index contributed by atoms with van der Waals surface area (Å²) >= 11 is 1.95. The van der Waals surface area contributed by atoms with E-state index in [9.17, 15) is 9.59 Å². The maximum absolute atomic E-state index is 12.9. The molecular formula is C22H27NO2S. The Morgan fingerprint density at radius 2 is 1.81 bits per heavy atom. The topological polar surface area (TPSA) is 37.4 Å². The summed E-state index contributed by atoms with van der Waals surface area (Å²) in [6, 6.07) is 7.70. The second-order valence-electron chi connectivity index (χ2n) is 9.01. The van der Waals surface area contributed by atoms with E-state index in [-0.39, 0.29) is 11.7 Å². The Morgan fingerprint density at radius 3 is 2.42 bits per heavy atom. The molecule has 5 aliphatic rings. The molecule has 0 radical (unpaired) electrons. The van der Waals surface area contributed by atoms with Crippen LogP contribution in [0.5, 0.6) is 0 Å². The Kier molecular flexibility index (Phi) is 4.15. The third-order valence-electron chi connectivity index (χ3n) is 7.04. The maximum Gasteiger partial charge on any atom is 0.227 e. The van der Waals surface area contributed by atoms with E-state index in [1.54, 1.807) is 0 Å². The van der Waals surface area contributed by atoms with Gasteiger partial charge in [-0.2, -0.15) is 0 Å². The third-order valence-corrected chi connectivity index (χ3v) is 8.56. The maximum atomic E-state index is 12.9. The molecule has 1 aromatic carbocycles. The van der Waals surface area contributed by atoms with Crippen LogP contribution in [0.1, 0.15) is 61.7 Å². The van der Waals surface area contributed by atoms with Crippen LogP contribution in [0.15, 0.2) is 24.3 Å². The van der Waals surface area contributed by atoms with Gasteiger partial charge in [0.2, 0.25) is 5.91 Å². The summed E-state index contributed by atoms with van der Waals surface area (Å²) in [7, 11) is 0. The number of ketones is 1. The van der Waals surface area contributed by atoms with Crippen LogP contribution in [0, 0.1) is 17.8 Å². The van der Waals surface area contributed by atoms with E-state index in [2.05, 4.69) is 0 Å². The molecule has 4 saturated carbocycles. The number of hydrogen-bond donors (Lipinski definition) is 0. The van der Waals surface area contributed by atoms with E-state index in [1.807, 2.05) is 40.9 Å². The van der Waals surface area contributed by atoms with E-state index in [1.165, 1.54) is 38.5 Å². The predicted octanol–water partition coefficient (Wildman–Crippen LogP) is 4.70. The molecule has 4 aliphatic carbocycles. The standard InChI is InChI=1S/C22H27NO2S/c24-20(18-3-1-4-19(10-18)23-6-2-5-21(23)25)14-26-22-11-15-7-16(12-22)9-17(8-15)13-22/h1,3-4,10,15-17H,2,5-9,11-14H2. The Labute approximate surface area is 159 Å². The molecule has 0 atom stereocenters. The van der Waals surface area contributed by atoms with Crippen LogP contribution in [0.25, 0.3) is 0 Å². The zero-order chi connectivity index (χ0) is 17.7. The lowest BCUT2D eigenvalue weighted by Gasteiger charge is -2.56. The van der Waals surface area contributed by atoms with Gasteiger partial charge in [-0.3, -0.25) is 9.59 Å². The van der Waals surface area contributed by atoms with Crippen LogP contribution >= 0.6 is 11.8 Å². The molecule has 1 heterocycles. The van der Waals surface area contributed by atoms with Gasteiger partial charge >= 0.3 is 0 Å². The monoisotopic (exact) mass is 369 g/mol. The van der Waals surface area contributed by atoms with Gasteiger partial charge in [0.05, 0.1) is 5.75 Å². The molecule has 6 rings (SSSR count). The zero-order valence-corrected chi connectivity index (χ0v) is 16.1. The smallest absolute Gasteiger partial charge is 0.227 e. The van der Waals surface area contributed by atoms with Crippen LogP contribution < -0.4 is 4.90 Å². The number of benzene rings is 1. The van der Waals surface area contributed by atoms with Crippen LogP contribution in [-0.4, -0.2) is 28.7 Å². The molecule has 1 aliphatic heterocycles. The van der Waals surface area contributed by atoms with Gasteiger partial charge in [0.1, 0.15) is 0 Å². The molecule has 1 amide bonds. The van der Waals surface area contributed by atoms with E-state index in [0.29, 0.717) is 16.9 Å². The molecule has 4 bridgehead atoms. The highest BCUT2D eigenvalue weighted by Crippen LogP contribution is 2.60. The number of Topliss-reactive ketones (excluding diaryl/α,β-unsaturated/α-hetero) is 1. The first-order valence-corrected chi connectivity index (χ1v) is 11.2. The summed E-state index contributed by atoms with van der Waals surface area (Å²) in [6.45, 7) is 0.776.